The number of urea groups is 3. The van der Waals surface area contributed by atoms with Gasteiger partial charge in [0.1, 0.15) is 0 Å². The number of nitrogens with zero attached hydrogens (tertiary/aromatic N) is 4. The minimum absolute atomic E-state index is 0. The molecule has 340 valence electrons. The van der Waals surface area contributed by atoms with E-state index < -0.39 is 6.10 Å². The van der Waals surface area contributed by atoms with Crippen molar-refractivity contribution in [2.45, 2.75) is 38.1 Å². The van der Waals surface area contributed by atoms with Crippen LogP contribution >= 0.6 is 0 Å². The van der Waals surface area contributed by atoms with E-state index in [2.05, 4.69) is 93.2 Å². The number of nitrogens with one attached hydrogen (secondary N) is 5. The second-order valence-corrected chi connectivity index (χ2v) is 13.6. The minimum Gasteiger partial charge on any atom is -0.390 e. The molecule has 3 aliphatic heterocycles. The molecule has 1 saturated heterocycles. The molecule has 0 aliphatic carbocycles. The molecule has 15 nitrogen and oxygen atoms in total. The van der Waals surface area contributed by atoms with Crippen LogP contribution in [0.25, 0.3) is 0 Å². The van der Waals surface area contributed by atoms with Crippen LogP contribution in [0.4, 0.5) is 14.4 Å². The molecule has 0 radical (unpaired) electrons. The van der Waals surface area contributed by atoms with Crippen molar-refractivity contribution in [3.8, 4) is 0 Å². The number of aliphatic hydroxyl groups excluding tert-OH is 1. The van der Waals surface area contributed by atoms with E-state index in [0.29, 0.717) is 26.2 Å². The molecule has 5 rings (SSSR count). The van der Waals surface area contributed by atoms with Gasteiger partial charge in [-0.05, 0) is 55.7 Å². The Kier molecular flexibility index (Phi) is 47.7. The first kappa shape index (κ1) is 67.3. The monoisotopic (exact) mass is 1520 g/mol. The van der Waals surface area contributed by atoms with Crippen LogP contribution in [0.3, 0.4) is 0 Å². The Morgan fingerprint density at radius 1 is 0.817 bits per heavy atom. The summed E-state index contributed by atoms with van der Waals surface area (Å²) in [4.78, 5) is 39.6. The molecule has 3 aliphatic rings. The Hall–Kier alpha value is -1.76. The van der Waals surface area contributed by atoms with Gasteiger partial charge in [0.2, 0.25) is 0 Å². The van der Waals surface area contributed by atoms with Crippen molar-refractivity contribution in [1.82, 2.24) is 46.2 Å². The van der Waals surface area contributed by atoms with Crippen LogP contribution in [0.2, 0.25) is 0 Å². The van der Waals surface area contributed by atoms with E-state index in [9.17, 15) is 19.5 Å². The van der Waals surface area contributed by atoms with Crippen molar-refractivity contribution in [2.24, 2.45) is 5.73 Å². The number of carbonyl (C=O) groups is 3. The van der Waals surface area contributed by atoms with Crippen molar-refractivity contribution < 1.29 is 108 Å². The van der Waals surface area contributed by atoms with E-state index in [4.69, 9.17) is 10.5 Å². The van der Waals surface area contributed by atoms with Gasteiger partial charge in [0.05, 0.1) is 18.8 Å². The average Bonchev–Trinajstić information content (AvgIpc) is 4.04. The molecule has 60 heavy (non-hydrogen) atoms. The number of hydrogen-bond donors (Lipinski definition) is 7. The number of rotatable bonds is 9. The third kappa shape index (κ3) is 34.8. The quantitative estimate of drug-likeness (QED) is 0.146. The van der Waals surface area contributed by atoms with Crippen LogP contribution in [0.1, 0.15) is 22.3 Å². The van der Waals surface area contributed by atoms with Crippen LogP contribution < -0.4 is 32.3 Å². The molecule has 3 heterocycles. The van der Waals surface area contributed by atoms with Crippen molar-refractivity contribution >= 4 is 18.1 Å². The second kappa shape index (κ2) is 42.5. The molecule has 6 amide bonds. The summed E-state index contributed by atoms with van der Waals surface area (Å²) < 4.78 is 4.91. The Morgan fingerprint density at radius 2 is 1.27 bits per heavy atom. The summed E-state index contributed by atoms with van der Waals surface area (Å²) >= 11 is 0. The molecule has 0 saturated carbocycles. The number of aliphatic hydroxyl groups is 1. The zero-order valence-corrected chi connectivity index (χ0v) is 48.6. The predicted molar refractivity (Wildman–Crippen MR) is 229 cm³/mol. The van der Waals surface area contributed by atoms with Crippen molar-refractivity contribution in [3.05, 3.63) is 96.1 Å². The van der Waals surface area contributed by atoms with Gasteiger partial charge in [0.25, 0.3) is 0 Å². The number of β-amino-alcohol motifs (C(OH)–C–C–N with tert-alkyl or cyclic N) is 1. The molecule has 19 heteroatoms. The largest absolute Gasteiger partial charge is 0.390 e. The first-order valence-corrected chi connectivity index (χ1v) is 19.0. The topological polar surface area (TPSA) is 183 Å². The van der Waals surface area contributed by atoms with E-state index in [1.807, 2.05) is 14.1 Å². The van der Waals surface area contributed by atoms with E-state index >= 15 is 0 Å². The standard InChI is InChI=1S/C15H23N3O2.C9H11N.C6H12N2O2.C6H12N2O.C3H7N.C2H7N.4W/c1-17(2)15(20)16-9-14(19)11-18-8-7-12-5-3-4-6-13(12)10-18;1-2-4-9-7-10-6-5-8(9)3-1;1-8(2)6(9)7-3-5-4-10-5;1-4-5-7-6(9)8(2)3;1-2-3-4;1-3-2;;;;/h3-6,14,19H,7-11H2,1-2H3,(H,16,20);1-4,10H,5-7H2;5H,3-4H2,1-2H3,(H,7,9);4H,1,5H2,2-3H3,(H,7,9);2H,1,3-4H2;3H,1-2H3;;;;. The van der Waals surface area contributed by atoms with Gasteiger partial charge in [0.15, 0.2) is 0 Å². The van der Waals surface area contributed by atoms with Gasteiger partial charge in [-0.2, -0.15) is 0 Å². The van der Waals surface area contributed by atoms with Crippen LogP contribution in [-0.4, -0.2) is 164 Å². The zero-order chi connectivity index (χ0) is 42.3. The van der Waals surface area contributed by atoms with Gasteiger partial charge in [-0.3, -0.25) is 4.90 Å². The van der Waals surface area contributed by atoms with E-state index in [0.717, 1.165) is 39.2 Å². The third-order valence-electron chi connectivity index (χ3n) is 7.84. The summed E-state index contributed by atoms with van der Waals surface area (Å²) in [6.07, 6.45) is 5.23. The van der Waals surface area contributed by atoms with Crippen LogP contribution in [0.5, 0.6) is 0 Å². The van der Waals surface area contributed by atoms with Crippen molar-refractivity contribution in [3.63, 3.8) is 0 Å². The number of carbonyl (C=O) groups excluding carboxylic acids is 3. The average molecular weight is 1520 g/mol. The molecule has 0 spiro atoms. The number of amides is 6. The minimum atomic E-state index is -0.538. The predicted octanol–water partition coefficient (Wildman–Crippen LogP) is 2.07. The van der Waals surface area contributed by atoms with Crippen molar-refractivity contribution in [2.75, 3.05) is 109 Å². The molecular weight excluding hydrogens is 1450 g/mol. The number of ether oxygens (including phenoxy) is 1. The first-order chi connectivity index (χ1) is 26.7. The number of fused-ring (bicyclic) bond motifs is 2. The molecular formula is C41H72N10O5W4. The summed E-state index contributed by atoms with van der Waals surface area (Å²) in [5.74, 6) is 0. The molecule has 8 N–H and O–H groups in total. The summed E-state index contributed by atoms with van der Waals surface area (Å²) in [7, 11) is 13.9. The summed E-state index contributed by atoms with van der Waals surface area (Å²) in [6.45, 7) is 14.2. The van der Waals surface area contributed by atoms with Gasteiger partial charge in [-0.25, -0.2) is 14.4 Å². The van der Waals surface area contributed by atoms with E-state index in [-0.39, 0.29) is 115 Å². The van der Waals surface area contributed by atoms with Crippen molar-refractivity contribution in [1.29, 1.82) is 0 Å². The molecule has 0 bridgehead atoms. The molecule has 2 atom stereocenters. The maximum atomic E-state index is 11.4. The number of hydrogen-bond acceptors (Lipinski definition) is 9. The van der Waals surface area contributed by atoms with Gasteiger partial charge < -0.3 is 56.9 Å². The number of nitrogens with two attached hydrogens (primary N) is 1. The van der Waals surface area contributed by atoms with Crippen LogP contribution in [0, 0.1) is 0 Å². The fourth-order valence-corrected chi connectivity index (χ4v) is 4.72. The van der Waals surface area contributed by atoms with Crippen LogP contribution in [0.15, 0.2) is 73.8 Å². The molecule has 2 unspecified atom stereocenters. The molecule has 2 aromatic rings. The Balaban J connectivity index is -0.000000218. The van der Waals surface area contributed by atoms with Gasteiger partial charge in [0, 0.05) is 179 Å². The number of epoxide rings is 1. The van der Waals surface area contributed by atoms with E-state index in [1.165, 1.54) is 43.4 Å². The molecule has 0 aromatic heterocycles. The maximum absolute atomic E-state index is 11.4. The van der Waals surface area contributed by atoms with Gasteiger partial charge in [-0.1, -0.05) is 60.7 Å². The Labute approximate surface area is 418 Å². The maximum Gasteiger partial charge on any atom is 0.317 e. The van der Waals surface area contributed by atoms with E-state index in [1.54, 1.807) is 54.4 Å². The smallest absolute Gasteiger partial charge is 0.317 e. The summed E-state index contributed by atoms with van der Waals surface area (Å²) in [6, 6.07) is 16.7. The Morgan fingerprint density at radius 3 is 1.72 bits per heavy atom. The molecule has 2 aromatic carbocycles. The molecule has 1 fully saturated rings. The normalized spacial score (nSPS) is 13.8. The SMILES string of the molecule is C=CCN.C=CCNC(=O)N(C)C.CN(C)C(=O)NCC(O)CN1CCc2ccccc2C1.CN(C)C(=O)NCC1CO1.CNC.[W].[W].[W].[W].c1ccc2c(c1)CCNC2. The Bertz CT molecular complexity index is 1380. The fraction of sp³-hybridized carbons (Fsp3) is 0.537. The number of benzene rings is 2. The zero-order valence-electron chi connectivity index (χ0n) is 36.9. The van der Waals surface area contributed by atoms with Crippen LogP contribution in [-0.2, 0) is 115 Å². The fourth-order valence-electron chi connectivity index (χ4n) is 4.72. The summed E-state index contributed by atoms with van der Waals surface area (Å²) in [5, 5.41) is 24.1. The third-order valence-corrected chi connectivity index (χ3v) is 7.84. The first-order valence-electron chi connectivity index (χ1n) is 19.0. The second-order valence-electron chi connectivity index (χ2n) is 13.6. The summed E-state index contributed by atoms with van der Waals surface area (Å²) in [5.41, 5.74) is 10.6. The van der Waals surface area contributed by atoms with Gasteiger partial charge >= 0.3 is 18.1 Å². The van der Waals surface area contributed by atoms with Gasteiger partial charge in [-0.15, -0.1) is 13.2 Å².